The molecule has 0 N–H and O–H groups in total. The largest absolute Gasteiger partial charge is 0.497 e. The smallest absolute Gasteiger partial charge is 0.242 e. The third-order valence-electron chi connectivity index (χ3n) is 4.90. The van der Waals surface area contributed by atoms with Crippen molar-refractivity contribution in [3.8, 4) is 17.0 Å². The maximum absolute atomic E-state index is 12.8. The molecule has 6 heteroatoms. The number of benzene rings is 1. The maximum Gasteiger partial charge on any atom is 0.242 e. The van der Waals surface area contributed by atoms with Gasteiger partial charge in [-0.05, 0) is 30.7 Å². The van der Waals surface area contributed by atoms with Crippen LogP contribution in [0.3, 0.4) is 0 Å². The Balaban J connectivity index is 1.68. The van der Waals surface area contributed by atoms with E-state index in [1.165, 1.54) is 0 Å². The first-order valence-electron chi connectivity index (χ1n) is 9.20. The lowest BCUT2D eigenvalue weighted by Crippen LogP contribution is -2.35. The van der Waals surface area contributed by atoms with E-state index in [9.17, 15) is 4.79 Å². The fraction of sp³-hybridized carbons (Fsp3) is 0.333. The minimum Gasteiger partial charge on any atom is -0.497 e. The molecule has 1 fully saturated rings. The van der Waals surface area contributed by atoms with E-state index in [-0.39, 0.29) is 5.91 Å². The Bertz CT molecular complexity index is 943. The van der Waals surface area contributed by atoms with Crippen LogP contribution in [-0.2, 0) is 16.1 Å². The summed E-state index contributed by atoms with van der Waals surface area (Å²) in [5.41, 5.74) is 2.78. The molecule has 3 aromatic rings. The summed E-state index contributed by atoms with van der Waals surface area (Å²) in [6.45, 7) is 3.03. The molecule has 27 heavy (non-hydrogen) atoms. The Morgan fingerprint density at radius 1 is 1.22 bits per heavy atom. The molecule has 0 spiro atoms. The van der Waals surface area contributed by atoms with Crippen molar-refractivity contribution in [2.24, 2.45) is 0 Å². The molecule has 1 amide bonds. The first-order valence-corrected chi connectivity index (χ1v) is 9.20. The zero-order valence-electron chi connectivity index (χ0n) is 15.4. The van der Waals surface area contributed by atoms with Gasteiger partial charge in [-0.1, -0.05) is 12.1 Å². The molecule has 0 radical (unpaired) electrons. The number of ether oxygens (including phenoxy) is 2. The van der Waals surface area contributed by atoms with Crippen molar-refractivity contribution >= 4 is 16.8 Å². The number of aromatic nitrogens is 2. The van der Waals surface area contributed by atoms with Gasteiger partial charge in [0.1, 0.15) is 12.3 Å². The SMILES string of the molecule is COc1cccc(-c2nccc3ccn(CC(=O)N4CCCOCC4)c23)c1. The van der Waals surface area contributed by atoms with Crippen LogP contribution in [-0.4, -0.2) is 53.8 Å². The highest BCUT2D eigenvalue weighted by Gasteiger charge is 2.18. The van der Waals surface area contributed by atoms with E-state index >= 15 is 0 Å². The zero-order valence-corrected chi connectivity index (χ0v) is 15.4. The predicted molar refractivity (Wildman–Crippen MR) is 104 cm³/mol. The molecule has 3 heterocycles. The number of hydrogen-bond donors (Lipinski definition) is 0. The molecule has 2 aromatic heterocycles. The van der Waals surface area contributed by atoms with Gasteiger partial charge in [-0.3, -0.25) is 9.78 Å². The van der Waals surface area contributed by atoms with Crippen molar-refractivity contribution in [1.82, 2.24) is 14.5 Å². The predicted octanol–water partition coefficient (Wildman–Crippen LogP) is 2.96. The zero-order chi connectivity index (χ0) is 18.6. The Hall–Kier alpha value is -2.86. The number of pyridine rings is 1. The van der Waals surface area contributed by atoms with E-state index < -0.39 is 0 Å². The van der Waals surface area contributed by atoms with Gasteiger partial charge in [-0.15, -0.1) is 0 Å². The van der Waals surface area contributed by atoms with Gasteiger partial charge >= 0.3 is 0 Å². The average Bonchev–Trinajstić information content (AvgIpc) is 2.93. The van der Waals surface area contributed by atoms with Crippen LogP contribution in [0.5, 0.6) is 5.75 Å². The molecule has 0 saturated carbocycles. The summed E-state index contributed by atoms with van der Waals surface area (Å²) in [6, 6.07) is 11.8. The first kappa shape index (κ1) is 17.5. The van der Waals surface area contributed by atoms with Gasteiger partial charge in [0, 0.05) is 43.0 Å². The molecular weight excluding hydrogens is 342 g/mol. The fourth-order valence-electron chi connectivity index (χ4n) is 3.50. The van der Waals surface area contributed by atoms with Gasteiger partial charge in [0.15, 0.2) is 0 Å². The van der Waals surface area contributed by atoms with E-state index in [0.717, 1.165) is 47.5 Å². The van der Waals surface area contributed by atoms with Gasteiger partial charge in [0.25, 0.3) is 0 Å². The van der Waals surface area contributed by atoms with E-state index in [1.54, 1.807) is 13.3 Å². The van der Waals surface area contributed by atoms with Crippen LogP contribution in [0.1, 0.15) is 6.42 Å². The average molecular weight is 365 g/mol. The summed E-state index contributed by atoms with van der Waals surface area (Å²) in [6.07, 6.45) is 4.65. The lowest BCUT2D eigenvalue weighted by atomic mass is 10.1. The van der Waals surface area contributed by atoms with E-state index in [4.69, 9.17) is 9.47 Å². The summed E-state index contributed by atoms with van der Waals surface area (Å²) in [4.78, 5) is 19.3. The van der Waals surface area contributed by atoms with E-state index in [0.29, 0.717) is 19.7 Å². The minimum absolute atomic E-state index is 0.110. The minimum atomic E-state index is 0.110. The highest BCUT2D eigenvalue weighted by atomic mass is 16.5. The molecule has 0 atom stereocenters. The standard InChI is InChI=1S/C21H23N3O3/c1-26-18-5-2-4-17(14-18)20-21-16(6-8-22-20)7-10-24(21)15-19(25)23-9-3-12-27-13-11-23/h2,4-8,10,14H,3,9,11-13,15H2,1H3. The number of nitrogens with zero attached hydrogens (tertiary/aromatic N) is 3. The van der Waals surface area contributed by atoms with Crippen molar-refractivity contribution in [2.45, 2.75) is 13.0 Å². The Kier molecular flexibility index (Phi) is 5.07. The van der Waals surface area contributed by atoms with E-state index in [2.05, 4.69) is 4.98 Å². The number of carbonyl (C=O) groups is 1. The van der Waals surface area contributed by atoms with Crippen molar-refractivity contribution in [3.05, 3.63) is 48.8 Å². The van der Waals surface area contributed by atoms with Gasteiger partial charge in [0.2, 0.25) is 5.91 Å². The summed E-state index contributed by atoms with van der Waals surface area (Å²) in [5, 5.41) is 1.06. The van der Waals surface area contributed by atoms with Gasteiger partial charge in [-0.25, -0.2) is 0 Å². The number of methoxy groups -OCH3 is 1. The third kappa shape index (κ3) is 3.66. The summed E-state index contributed by atoms with van der Waals surface area (Å²) >= 11 is 0. The van der Waals surface area contributed by atoms with Crippen LogP contribution < -0.4 is 4.74 Å². The van der Waals surface area contributed by atoms with Crippen LogP contribution >= 0.6 is 0 Å². The summed E-state index contributed by atoms with van der Waals surface area (Å²) < 4.78 is 12.8. The van der Waals surface area contributed by atoms with E-state index in [1.807, 2.05) is 52.1 Å². The Labute approximate surface area is 158 Å². The van der Waals surface area contributed by atoms with Gasteiger partial charge < -0.3 is 18.9 Å². The number of amides is 1. The molecule has 4 rings (SSSR count). The molecule has 0 bridgehead atoms. The molecular formula is C21H23N3O3. The lowest BCUT2D eigenvalue weighted by molar-refractivity contribution is -0.131. The third-order valence-corrected chi connectivity index (χ3v) is 4.90. The second kappa shape index (κ2) is 7.80. The van der Waals surface area contributed by atoms with Crippen molar-refractivity contribution in [1.29, 1.82) is 0 Å². The summed E-state index contributed by atoms with van der Waals surface area (Å²) in [5.74, 6) is 0.892. The highest BCUT2D eigenvalue weighted by Crippen LogP contribution is 2.29. The van der Waals surface area contributed by atoms with Crippen LogP contribution in [0, 0.1) is 0 Å². The second-order valence-electron chi connectivity index (χ2n) is 6.62. The van der Waals surface area contributed by atoms with Crippen molar-refractivity contribution in [2.75, 3.05) is 33.4 Å². The normalized spacial score (nSPS) is 14.9. The van der Waals surface area contributed by atoms with Crippen molar-refractivity contribution < 1.29 is 14.3 Å². The van der Waals surface area contributed by atoms with Crippen LogP contribution in [0.25, 0.3) is 22.2 Å². The highest BCUT2D eigenvalue weighted by molar-refractivity contribution is 5.93. The summed E-state index contributed by atoms with van der Waals surface area (Å²) in [7, 11) is 1.65. The van der Waals surface area contributed by atoms with Crippen LogP contribution in [0.4, 0.5) is 0 Å². The molecule has 1 saturated heterocycles. The first-order chi connectivity index (χ1) is 13.3. The number of rotatable bonds is 4. The van der Waals surface area contributed by atoms with Gasteiger partial charge in [0.05, 0.1) is 24.9 Å². The van der Waals surface area contributed by atoms with Crippen molar-refractivity contribution in [3.63, 3.8) is 0 Å². The lowest BCUT2D eigenvalue weighted by Gasteiger charge is -2.20. The molecule has 6 nitrogen and oxygen atoms in total. The van der Waals surface area contributed by atoms with Gasteiger partial charge in [-0.2, -0.15) is 0 Å². The van der Waals surface area contributed by atoms with Crippen LogP contribution in [0.15, 0.2) is 48.8 Å². The Morgan fingerprint density at radius 3 is 3.04 bits per heavy atom. The number of fused-ring (bicyclic) bond motifs is 1. The molecule has 140 valence electrons. The Morgan fingerprint density at radius 2 is 2.15 bits per heavy atom. The quantitative estimate of drug-likeness (QED) is 0.713. The van der Waals surface area contributed by atoms with Crippen LogP contribution in [0.2, 0.25) is 0 Å². The number of carbonyl (C=O) groups excluding carboxylic acids is 1. The second-order valence-corrected chi connectivity index (χ2v) is 6.62. The molecule has 1 aliphatic rings. The fourth-order valence-corrected chi connectivity index (χ4v) is 3.50. The molecule has 0 unspecified atom stereocenters. The topological polar surface area (TPSA) is 56.6 Å². The monoisotopic (exact) mass is 365 g/mol. The molecule has 0 aliphatic carbocycles. The maximum atomic E-state index is 12.8. The molecule has 1 aromatic carbocycles. The number of hydrogen-bond acceptors (Lipinski definition) is 4. The molecule has 1 aliphatic heterocycles.